The molecule has 0 radical (unpaired) electrons. The molecular weight excluding hydrogens is 412 g/mol. The van der Waals surface area contributed by atoms with Crippen molar-refractivity contribution in [2.45, 2.75) is 117 Å². The quantitative estimate of drug-likeness (QED) is 0.385. The van der Waals surface area contributed by atoms with E-state index >= 15 is 0 Å². The Morgan fingerprint density at radius 2 is 1.03 bits per heavy atom. The molecule has 0 saturated heterocycles. The molecule has 2 aliphatic rings. The molecule has 2 aromatic carbocycles. The number of hydrogen-bond acceptors (Lipinski definition) is 1. The first-order valence-electron chi connectivity index (χ1n) is 14.1. The lowest BCUT2D eigenvalue weighted by Gasteiger charge is -2.34. The van der Waals surface area contributed by atoms with Crippen LogP contribution < -0.4 is 0 Å². The molecule has 0 bridgehead atoms. The van der Waals surface area contributed by atoms with E-state index in [-0.39, 0.29) is 0 Å². The fourth-order valence-corrected chi connectivity index (χ4v) is 7.06. The van der Waals surface area contributed by atoms with E-state index in [1.54, 1.807) is 0 Å². The molecule has 2 saturated carbocycles. The molecule has 0 heterocycles. The van der Waals surface area contributed by atoms with Gasteiger partial charge in [0, 0.05) is 12.8 Å². The Morgan fingerprint density at radius 1 is 0.647 bits per heavy atom. The largest absolute Gasteiger partial charge is 0.300 e. The lowest BCUT2D eigenvalue weighted by atomic mass is 9.70. The minimum atomic E-state index is 0.387. The Labute approximate surface area is 208 Å². The average molecular weight is 459 g/mol. The Balaban J connectivity index is 1.60. The summed E-state index contributed by atoms with van der Waals surface area (Å²) in [5, 5.41) is 0. The van der Waals surface area contributed by atoms with Crippen LogP contribution in [0.4, 0.5) is 0 Å². The highest BCUT2D eigenvalue weighted by Gasteiger charge is 2.32. The maximum atomic E-state index is 13.9. The van der Waals surface area contributed by atoms with Gasteiger partial charge in [-0.15, -0.1) is 0 Å². The fraction of sp³-hybridized carbons (Fsp3) is 0.606. The van der Waals surface area contributed by atoms with Crippen LogP contribution in [0.5, 0.6) is 0 Å². The second-order valence-corrected chi connectivity index (χ2v) is 11.5. The van der Waals surface area contributed by atoms with Gasteiger partial charge >= 0.3 is 0 Å². The van der Waals surface area contributed by atoms with Crippen molar-refractivity contribution in [3.8, 4) is 0 Å². The summed E-state index contributed by atoms with van der Waals surface area (Å²) in [6, 6.07) is 13.5. The van der Waals surface area contributed by atoms with Crippen LogP contribution in [0.25, 0.3) is 0 Å². The maximum absolute atomic E-state index is 13.9. The Hall–Kier alpha value is -1.89. The van der Waals surface area contributed by atoms with Gasteiger partial charge in [-0.25, -0.2) is 0 Å². The Bertz CT molecular complexity index is 881. The van der Waals surface area contributed by atoms with Crippen LogP contribution in [-0.2, 0) is 4.79 Å². The van der Waals surface area contributed by atoms with Crippen LogP contribution in [-0.4, -0.2) is 5.78 Å². The summed E-state index contributed by atoms with van der Waals surface area (Å²) < 4.78 is 0. The van der Waals surface area contributed by atoms with Gasteiger partial charge in [-0.3, -0.25) is 4.79 Å². The van der Waals surface area contributed by atoms with Crippen molar-refractivity contribution >= 4 is 5.78 Å². The predicted octanol–water partition coefficient (Wildman–Crippen LogP) is 9.30. The third kappa shape index (κ3) is 5.84. The number of ketones is 1. The zero-order valence-electron chi connectivity index (χ0n) is 22.2. The number of aryl methyl sites for hydroxylation is 2. The maximum Gasteiger partial charge on any atom is 0.134 e. The molecule has 2 aromatic rings. The van der Waals surface area contributed by atoms with Crippen molar-refractivity contribution in [3.63, 3.8) is 0 Å². The standard InChI is InChI=1S/C33H46O/c1-23-13-11-19-30(25(23)3)32(27-15-7-5-8-16-27)21-29(34)22-33(28-17-9-6-10-18-28)31-20-12-14-24(2)26(31)4/h11-14,19-20,27-28,32-33H,5-10,15-18,21-22H2,1-4H3/t32-,33-/m1/s1. The second-order valence-electron chi connectivity index (χ2n) is 11.5. The number of carbonyl (C=O) groups is 1. The van der Waals surface area contributed by atoms with Gasteiger partial charge in [0.15, 0.2) is 0 Å². The van der Waals surface area contributed by atoms with Gasteiger partial charge in [0.05, 0.1) is 0 Å². The first kappa shape index (κ1) is 25.2. The van der Waals surface area contributed by atoms with E-state index in [1.165, 1.54) is 97.6 Å². The fourth-order valence-electron chi connectivity index (χ4n) is 7.06. The first-order chi connectivity index (χ1) is 16.5. The highest BCUT2D eigenvalue weighted by atomic mass is 16.1. The average Bonchev–Trinajstić information content (AvgIpc) is 2.86. The minimum absolute atomic E-state index is 0.387. The molecule has 0 amide bonds. The highest BCUT2D eigenvalue weighted by Crippen LogP contribution is 2.43. The lowest BCUT2D eigenvalue weighted by molar-refractivity contribution is -0.120. The monoisotopic (exact) mass is 458 g/mol. The van der Waals surface area contributed by atoms with E-state index in [1.807, 2.05) is 0 Å². The third-order valence-corrected chi connectivity index (χ3v) is 9.42. The lowest BCUT2D eigenvalue weighted by Crippen LogP contribution is -2.24. The third-order valence-electron chi connectivity index (χ3n) is 9.42. The van der Waals surface area contributed by atoms with Gasteiger partial charge < -0.3 is 0 Å². The normalized spacial score (nSPS) is 19.6. The number of benzene rings is 2. The van der Waals surface area contributed by atoms with E-state index in [2.05, 4.69) is 64.1 Å². The first-order valence-corrected chi connectivity index (χ1v) is 14.1. The smallest absolute Gasteiger partial charge is 0.134 e. The van der Waals surface area contributed by atoms with Crippen molar-refractivity contribution < 1.29 is 4.79 Å². The Morgan fingerprint density at radius 3 is 1.41 bits per heavy atom. The van der Waals surface area contributed by atoms with Gasteiger partial charge in [0.2, 0.25) is 0 Å². The van der Waals surface area contributed by atoms with E-state index in [0.717, 1.165) is 12.8 Å². The van der Waals surface area contributed by atoms with Crippen LogP contribution in [0.1, 0.15) is 122 Å². The van der Waals surface area contributed by atoms with Crippen LogP contribution >= 0.6 is 0 Å². The highest BCUT2D eigenvalue weighted by molar-refractivity contribution is 5.80. The van der Waals surface area contributed by atoms with Crippen LogP contribution in [0.15, 0.2) is 36.4 Å². The van der Waals surface area contributed by atoms with E-state index < -0.39 is 0 Å². The molecule has 2 fully saturated rings. The van der Waals surface area contributed by atoms with Crippen molar-refractivity contribution in [1.29, 1.82) is 0 Å². The molecule has 1 heteroatoms. The van der Waals surface area contributed by atoms with E-state index in [4.69, 9.17) is 0 Å². The Kier molecular flexibility index (Phi) is 8.67. The van der Waals surface area contributed by atoms with Gasteiger partial charge in [-0.1, -0.05) is 74.9 Å². The summed E-state index contributed by atoms with van der Waals surface area (Å²) in [5.74, 6) is 2.59. The molecule has 1 nitrogen and oxygen atoms in total. The van der Waals surface area contributed by atoms with Gasteiger partial charge in [-0.2, -0.15) is 0 Å². The second kappa shape index (κ2) is 11.7. The molecule has 2 atom stereocenters. The summed E-state index contributed by atoms with van der Waals surface area (Å²) in [4.78, 5) is 13.9. The molecule has 0 N–H and O–H groups in total. The summed E-state index contributed by atoms with van der Waals surface area (Å²) in [7, 11) is 0. The summed E-state index contributed by atoms with van der Waals surface area (Å²) in [6.07, 6.45) is 14.6. The molecule has 0 aliphatic heterocycles. The molecule has 0 spiro atoms. The molecular formula is C33H46O. The molecule has 2 aliphatic carbocycles. The number of Topliss-reactive ketones (excluding diaryl/α,β-unsaturated/α-hetero) is 1. The van der Waals surface area contributed by atoms with Crippen molar-refractivity contribution in [2.24, 2.45) is 11.8 Å². The van der Waals surface area contributed by atoms with Gasteiger partial charge in [-0.05, 0) is 110 Å². The van der Waals surface area contributed by atoms with E-state index in [9.17, 15) is 4.79 Å². The number of hydrogen-bond donors (Lipinski definition) is 0. The molecule has 184 valence electrons. The molecule has 0 unspecified atom stereocenters. The number of carbonyl (C=O) groups excluding carboxylic acids is 1. The van der Waals surface area contributed by atoms with Crippen molar-refractivity contribution in [1.82, 2.24) is 0 Å². The summed E-state index contributed by atoms with van der Waals surface area (Å²) in [5.41, 5.74) is 8.43. The number of rotatable bonds is 8. The van der Waals surface area contributed by atoms with Crippen LogP contribution in [0.3, 0.4) is 0 Å². The SMILES string of the molecule is Cc1cccc([C@H](CC(=O)C[C@@H](c2cccc(C)c2C)C2CCCCC2)C2CCCCC2)c1C. The minimum Gasteiger partial charge on any atom is -0.300 e. The van der Waals surface area contributed by atoms with Crippen LogP contribution in [0.2, 0.25) is 0 Å². The van der Waals surface area contributed by atoms with Gasteiger partial charge in [0.25, 0.3) is 0 Å². The molecule has 0 aromatic heterocycles. The summed E-state index contributed by atoms with van der Waals surface area (Å²) >= 11 is 0. The van der Waals surface area contributed by atoms with E-state index in [0.29, 0.717) is 29.5 Å². The zero-order valence-corrected chi connectivity index (χ0v) is 22.2. The topological polar surface area (TPSA) is 17.1 Å². The zero-order chi connectivity index (χ0) is 24.1. The predicted molar refractivity (Wildman–Crippen MR) is 145 cm³/mol. The van der Waals surface area contributed by atoms with Crippen LogP contribution in [0, 0.1) is 39.5 Å². The van der Waals surface area contributed by atoms with Crippen molar-refractivity contribution in [2.75, 3.05) is 0 Å². The van der Waals surface area contributed by atoms with Crippen molar-refractivity contribution in [3.05, 3.63) is 69.8 Å². The van der Waals surface area contributed by atoms with Gasteiger partial charge in [0.1, 0.15) is 5.78 Å². The molecule has 34 heavy (non-hydrogen) atoms. The summed E-state index contributed by atoms with van der Waals surface area (Å²) in [6.45, 7) is 8.98. The molecule has 4 rings (SSSR count).